The molecule has 0 spiro atoms. The number of aliphatic hydroxyl groups is 2. The van der Waals surface area contributed by atoms with Gasteiger partial charge in [0.25, 0.3) is 0 Å². The molecule has 4 fully saturated rings. The third-order valence-corrected chi connectivity index (χ3v) is 10.2. The Labute approximate surface area is 170 Å². The van der Waals surface area contributed by atoms with Crippen molar-refractivity contribution in [1.29, 1.82) is 0 Å². The first kappa shape index (κ1) is 20.7. The van der Waals surface area contributed by atoms with Crippen LogP contribution in [0.4, 0.5) is 0 Å². The van der Waals surface area contributed by atoms with E-state index in [1.54, 1.807) is 0 Å². The maximum atomic E-state index is 11.2. The molecular formula is C24H40O4. The normalized spacial score (nSPS) is 51.7. The lowest BCUT2D eigenvalue weighted by Crippen LogP contribution is -2.58. The molecule has 0 aliphatic heterocycles. The fourth-order valence-corrected chi connectivity index (χ4v) is 8.73. The molecule has 160 valence electrons. The molecule has 3 N–H and O–H groups in total. The molecule has 0 aromatic heterocycles. The Bertz CT molecular complexity index is 605. The molecule has 4 aliphatic carbocycles. The molecule has 28 heavy (non-hydrogen) atoms. The Balaban J connectivity index is 1.55. The predicted molar refractivity (Wildman–Crippen MR) is 109 cm³/mol. The van der Waals surface area contributed by atoms with Crippen LogP contribution in [0.3, 0.4) is 0 Å². The van der Waals surface area contributed by atoms with E-state index >= 15 is 0 Å². The van der Waals surface area contributed by atoms with Gasteiger partial charge in [0.15, 0.2) is 0 Å². The van der Waals surface area contributed by atoms with Gasteiger partial charge in [-0.25, -0.2) is 0 Å². The van der Waals surface area contributed by atoms with E-state index < -0.39 is 5.97 Å². The summed E-state index contributed by atoms with van der Waals surface area (Å²) in [5.74, 6) is 2.36. The summed E-state index contributed by atoms with van der Waals surface area (Å²) in [6, 6.07) is 0. The van der Waals surface area contributed by atoms with Crippen molar-refractivity contribution in [3.8, 4) is 0 Å². The van der Waals surface area contributed by atoms with Crippen LogP contribution in [0.15, 0.2) is 0 Å². The highest BCUT2D eigenvalue weighted by Crippen LogP contribution is 2.68. The van der Waals surface area contributed by atoms with Gasteiger partial charge in [0.1, 0.15) is 0 Å². The molecule has 4 heteroatoms. The zero-order chi connectivity index (χ0) is 20.3. The Hall–Kier alpha value is -0.610. The van der Waals surface area contributed by atoms with Gasteiger partial charge in [0.05, 0.1) is 12.2 Å². The van der Waals surface area contributed by atoms with E-state index in [2.05, 4.69) is 20.8 Å². The lowest BCUT2D eigenvalue weighted by Gasteiger charge is -2.62. The van der Waals surface area contributed by atoms with Gasteiger partial charge in [0, 0.05) is 6.42 Å². The van der Waals surface area contributed by atoms with Crippen LogP contribution in [0.25, 0.3) is 0 Å². The minimum absolute atomic E-state index is 0.179. The lowest BCUT2D eigenvalue weighted by molar-refractivity contribution is -0.174. The second-order valence-corrected chi connectivity index (χ2v) is 11.4. The van der Waals surface area contributed by atoms with Crippen molar-refractivity contribution in [1.82, 2.24) is 0 Å². The van der Waals surface area contributed by atoms with Crippen LogP contribution < -0.4 is 0 Å². The number of carboxylic acid groups (broad SMARTS) is 1. The SMILES string of the molecule is C[C@@H](CCC(=O)O)[C@H]1CCC2C3C(O)C[C@@H]4C[C@H](O)CC[C@]4(C)C3CC[C@@]21C. The van der Waals surface area contributed by atoms with Gasteiger partial charge in [-0.1, -0.05) is 20.8 Å². The summed E-state index contributed by atoms with van der Waals surface area (Å²) in [5.41, 5.74) is 0.523. The predicted octanol–water partition coefficient (Wildman–Crippen LogP) is 4.48. The average molecular weight is 393 g/mol. The number of carboxylic acids is 1. The summed E-state index contributed by atoms with van der Waals surface area (Å²) in [6.45, 7) is 7.16. The van der Waals surface area contributed by atoms with E-state index in [1.165, 1.54) is 25.7 Å². The molecular weight excluding hydrogens is 352 g/mol. The van der Waals surface area contributed by atoms with E-state index in [4.69, 9.17) is 5.11 Å². The van der Waals surface area contributed by atoms with Crippen LogP contribution in [-0.2, 0) is 4.79 Å². The van der Waals surface area contributed by atoms with Crippen LogP contribution in [0.1, 0.15) is 85.0 Å². The molecule has 4 unspecified atom stereocenters. The fourth-order valence-electron chi connectivity index (χ4n) is 8.73. The van der Waals surface area contributed by atoms with Crippen molar-refractivity contribution in [2.75, 3.05) is 0 Å². The Morgan fingerprint density at radius 3 is 2.39 bits per heavy atom. The quantitative estimate of drug-likeness (QED) is 0.659. The Morgan fingerprint density at radius 1 is 1.00 bits per heavy atom. The van der Waals surface area contributed by atoms with E-state index in [0.717, 1.165) is 32.1 Å². The van der Waals surface area contributed by atoms with Gasteiger partial charge in [-0.3, -0.25) is 4.79 Å². The largest absolute Gasteiger partial charge is 0.481 e. The van der Waals surface area contributed by atoms with Crippen LogP contribution in [-0.4, -0.2) is 33.5 Å². The number of hydrogen-bond acceptors (Lipinski definition) is 3. The highest BCUT2D eigenvalue weighted by molar-refractivity contribution is 5.66. The second kappa shape index (κ2) is 7.27. The maximum Gasteiger partial charge on any atom is 0.303 e. The molecule has 4 rings (SSSR count). The van der Waals surface area contributed by atoms with Gasteiger partial charge in [-0.15, -0.1) is 0 Å². The Morgan fingerprint density at radius 2 is 1.68 bits per heavy atom. The number of hydrogen-bond donors (Lipinski definition) is 3. The summed E-state index contributed by atoms with van der Waals surface area (Å²) >= 11 is 0. The summed E-state index contributed by atoms with van der Waals surface area (Å²) < 4.78 is 0. The monoisotopic (exact) mass is 392 g/mol. The van der Waals surface area contributed by atoms with Gasteiger partial charge < -0.3 is 15.3 Å². The van der Waals surface area contributed by atoms with Crippen LogP contribution >= 0.6 is 0 Å². The molecule has 0 heterocycles. The molecule has 0 saturated heterocycles. The lowest BCUT2D eigenvalue weighted by atomic mass is 9.43. The minimum atomic E-state index is -0.684. The van der Waals surface area contributed by atoms with Crippen molar-refractivity contribution in [2.24, 2.45) is 46.3 Å². The summed E-state index contributed by atoms with van der Waals surface area (Å²) in [5, 5.41) is 30.5. The number of aliphatic carboxylic acids is 1. The van der Waals surface area contributed by atoms with Crippen molar-refractivity contribution >= 4 is 5.97 Å². The van der Waals surface area contributed by atoms with Gasteiger partial charge >= 0.3 is 5.97 Å². The summed E-state index contributed by atoms with van der Waals surface area (Å²) in [4.78, 5) is 11.1. The summed E-state index contributed by atoms with van der Waals surface area (Å²) in [7, 11) is 0. The van der Waals surface area contributed by atoms with Crippen molar-refractivity contribution in [3.63, 3.8) is 0 Å². The number of aliphatic hydroxyl groups excluding tert-OH is 2. The topological polar surface area (TPSA) is 77.8 Å². The van der Waals surface area contributed by atoms with Gasteiger partial charge in [-0.2, -0.15) is 0 Å². The van der Waals surface area contributed by atoms with E-state index in [9.17, 15) is 15.0 Å². The highest BCUT2D eigenvalue weighted by Gasteiger charge is 2.62. The average Bonchev–Trinajstić information content (AvgIpc) is 2.98. The molecule has 10 atom stereocenters. The maximum absolute atomic E-state index is 11.2. The van der Waals surface area contributed by atoms with Crippen LogP contribution in [0, 0.1) is 46.3 Å². The third-order valence-electron chi connectivity index (χ3n) is 10.2. The molecule has 0 aromatic carbocycles. The molecule has 4 nitrogen and oxygen atoms in total. The molecule has 4 aliphatic rings. The molecule has 0 radical (unpaired) electrons. The number of carbonyl (C=O) groups is 1. The van der Waals surface area contributed by atoms with Crippen molar-refractivity contribution < 1.29 is 20.1 Å². The third kappa shape index (κ3) is 3.14. The van der Waals surface area contributed by atoms with E-state index in [1.807, 2.05) is 0 Å². The zero-order valence-electron chi connectivity index (χ0n) is 17.9. The number of rotatable bonds is 4. The number of fused-ring (bicyclic) bond motifs is 5. The molecule has 4 saturated carbocycles. The Kier molecular flexibility index (Phi) is 5.36. The highest BCUT2D eigenvalue weighted by atomic mass is 16.4. The van der Waals surface area contributed by atoms with Crippen LogP contribution in [0.5, 0.6) is 0 Å². The van der Waals surface area contributed by atoms with Crippen LogP contribution in [0.2, 0.25) is 0 Å². The summed E-state index contributed by atoms with van der Waals surface area (Å²) in [6.07, 6.45) is 9.19. The first-order valence-electron chi connectivity index (χ1n) is 11.7. The van der Waals surface area contributed by atoms with Gasteiger partial charge in [-0.05, 0) is 104 Å². The van der Waals surface area contributed by atoms with Gasteiger partial charge in [0.2, 0.25) is 0 Å². The molecule has 0 bridgehead atoms. The van der Waals surface area contributed by atoms with Crippen molar-refractivity contribution in [3.05, 3.63) is 0 Å². The minimum Gasteiger partial charge on any atom is -0.481 e. The first-order chi connectivity index (χ1) is 13.2. The van der Waals surface area contributed by atoms with E-state index in [-0.39, 0.29) is 29.5 Å². The zero-order valence-corrected chi connectivity index (χ0v) is 17.9. The smallest absolute Gasteiger partial charge is 0.303 e. The second-order valence-electron chi connectivity index (χ2n) is 11.4. The standard InChI is InChI=1S/C24H40O4/c1-14(4-7-21(27)28)17-5-6-18-22-19(9-11-24(17,18)3)23(2)10-8-16(25)12-15(23)13-20(22)26/h14-20,22,25-26H,4-13H2,1-3H3,(H,27,28)/t14-,15-,16+,17+,18?,19?,20?,22?,23-,24+/m0/s1. The molecule has 0 aromatic rings. The molecule has 0 amide bonds. The fraction of sp³-hybridized carbons (Fsp3) is 0.958. The first-order valence-corrected chi connectivity index (χ1v) is 11.7. The van der Waals surface area contributed by atoms with Crippen molar-refractivity contribution in [2.45, 2.75) is 97.2 Å². The van der Waals surface area contributed by atoms with E-state index in [0.29, 0.717) is 35.5 Å².